The van der Waals surface area contributed by atoms with Gasteiger partial charge in [-0.15, -0.1) is 0 Å². The number of aromatic nitrogens is 2. The highest BCUT2D eigenvalue weighted by Crippen LogP contribution is 2.08. The molecule has 0 aliphatic rings. The molecule has 0 saturated carbocycles. The maximum Gasteiger partial charge on any atom is 0.281 e. The SMILES string of the molecule is CCC(=O)Nn1c(=S)[nH]c2ccc(F)cc2c1=O. The summed E-state index contributed by atoms with van der Waals surface area (Å²) in [7, 11) is 0. The highest BCUT2D eigenvalue weighted by molar-refractivity contribution is 7.71. The molecule has 0 saturated heterocycles. The van der Waals surface area contributed by atoms with Crippen molar-refractivity contribution in [1.29, 1.82) is 0 Å². The molecule has 2 rings (SSSR count). The summed E-state index contributed by atoms with van der Waals surface area (Å²) in [5.41, 5.74) is 2.21. The van der Waals surface area contributed by atoms with Crippen LogP contribution in [-0.4, -0.2) is 15.6 Å². The fourth-order valence-electron chi connectivity index (χ4n) is 1.49. The number of fused-ring (bicyclic) bond motifs is 1. The molecule has 1 aromatic carbocycles. The van der Waals surface area contributed by atoms with E-state index in [1.165, 1.54) is 12.1 Å². The fourth-order valence-corrected chi connectivity index (χ4v) is 1.73. The zero-order valence-electron chi connectivity index (χ0n) is 9.49. The number of halogens is 1. The molecular formula is C11H10FN3O2S. The van der Waals surface area contributed by atoms with Crippen molar-refractivity contribution >= 4 is 29.0 Å². The zero-order chi connectivity index (χ0) is 13.3. The van der Waals surface area contributed by atoms with E-state index >= 15 is 0 Å². The molecule has 94 valence electrons. The normalized spacial score (nSPS) is 10.6. The highest BCUT2D eigenvalue weighted by Gasteiger charge is 2.08. The van der Waals surface area contributed by atoms with Gasteiger partial charge in [-0.2, -0.15) is 4.68 Å². The van der Waals surface area contributed by atoms with Crippen LogP contribution in [0.1, 0.15) is 13.3 Å². The molecule has 0 fully saturated rings. The van der Waals surface area contributed by atoms with Crippen LogP contribution in [0.3, 0.4) is 0 Å². The Morgan fingerprint density at radius 2 is 2.28 bits per heavy atom. The number of amides is 1. The van der Waals surface area contributed by atoms with E-state index in [4.69, 9.17) is 12.2 Å². The van der Waals surface area contributed by atoms with Gasteiger partial charge in [-0.25, -0.2) is 4.39 Å². The number of carbonyl (C=O) groups is 1. The van der Waals surface area contributed by atoms with E-state index in [-0.39, 0.29) is 22.5 Å². The van der Waals surface area contributed by atoms with Gasteiger partial charge in [-0.3, -0.25) is 15.0 Å². The molecular weight excluding hydrogens is 257 g/mol. The van der Waals surface area contributed by atoms with Crippen molar-refractivity contribution in [3.63, 3.8) is 0 Å². The Morgan fingerprint density at radius 3 is 2.94 bits per heavy atom. The number of aromatic amines is 1. The lowest BCUT2D eigenvalue weighted by Crippen LogP contribution is -2.34. The number of rotatable bonds is 2. The first-order valence-corrected chi connectivity index (χ1v) is 5.68. The van der Waals surface area contributed by atoms with Gasteiger partial charge in [0.05, 0.1) is 10.9 Å². The Bertz CT molecular complexity index is 735. The van der Waals surface area contributed by atoms with Gasteiger partial charge >= 0.3 is 0 Å². The van der Waals surface area contributed by atoms with Gasteiger partial charge in [0.2, 0.25) is 5.91 Å². The van der Waals surface area contributed by atoms with Crippen LogP contribution in [0.2, 0.25) is 0 Å². The molecule has 0 unspecified atom stereocenters. The summed E-state index contributed by atoms with van der Waals surface area (Å²) >= 11 is 4.97. The molecule has 2 aromatic rings. The number of hydrogen-bond acceptors (Lipinski definition) is 3. The molecule has 0 radical (unpaired) electrons. The van der Waals surface area contributed by atoms with Crippen LogP contribution in [-0.2, 0) is 4.79 Å². The van der Waals surface area contributed by atoms with Gasteiger partial charge in [-0.05, 0) is 30.4 Å². The van der Waals surface area contributed by atoms with Gasteiger partial charge in [0, 0.05) is 6.42 Å². The Hall–Kier alpha value is -2.02. The molecule has 5 nitrogen and oxygen atoms in total. The Morgan fingerprint density at radius 1 is 1.56 bits per heavy atom. The fraction of sp³-hybridized carbons (Fsp3) is 0.182. The van der Waals surface area contributed by atoms with Crippen molar-refractivity contribution in [2.75, 3.05) is 5.43 Å². The van der Waals surface area contributed by atoms with E-state index in [9.17, 15) is 14.0 Å². The van der Waals surface area contributed by atoms with E-state index in [0.717, 1.165) is 10.7 Å². The Kier molecular flexibility index (Phi) is 3.24. The molecule has 0 aliphatic carbocycles. The number of benzene rings is 1. The number of nitrogens with zero attached hydrogens (tertiary/aromatic N) is 1. The molecule has 0 bridgehead atoms. The number of hydrogen-bond donors (Lipinski definition) is 2. The smallest absolute Gasteiger partial charge is 0.281 e. The Labute approximate surface area is 106 Å². The van der Waals surface area contributed by atoms with Crippen LogP contribution in [0.5, 0.6) is 0 Å². The lowest BCUT2D eigenvalue weighted by Gasteiger charge is -2.08. The zero-order valence-corrected chi connectivity index (χ0v) is 10.3. The first-order valence-electron chi connectivity index (χ1n) is 5.27. The average molecular weight is 267 g/mol. The van der Waals surface area contributed by atoms with Crippen LogP contribution >= 0.6 is 12.2 Å². The van der Waals surface area contributed by atoms with Crippen molar-refractivity contribution < 1.29 is 9.18 Å². The average Bonchev–Trinajstić information content (AvgIpc) is 2.35. The maximum atomic E-state index is 13.1. The van der Waals surface area contributed by atoms with Crippen LogP contribution in [0.4, 0.5) is 4.39 Å². The molecule has 0 aliphatic heterocycles. The van der Waals surface area contributed by atoms with Gasteiger partial charge in [0.1, 0.15) is 5.82 Å². The molecule has 1 amide bonds. The number of carbonyl (C=O) groups excluding carboxylic acids is 1. The third-order valence-electron chi connectivity index (χ3n) is 2.42. The number of nitrogens with one attached hydrogen (secondary N) is 2. The second-order valence-corrected chi connectivity index (χ2v) is 4.04. The second kappa shape index (κ2) is 4.69. The molecule has 0 atom stereocenters. The summed E-state index contributed by atoms with van der Waals surface area (Å²) in [6.45, 7) is 1.65. The summed E-state index contributed by atoms with van der Waals surface area (Å²) in [5, 5.41) is 0.125. The second-order valence-electron chi connectivity index (χ2n) is 3.65. The molecule has 0 spiro atoms. The highest BCUT2D eigenvalue weighted by atomic mass is 32.1. The van der Waals surface area contributed by atoms with Gasteiger partial charge in [-0.1, -0.05) is 6.92 Å². The van der Waals surface area contributed by atoms with Crippen molar-refractivity contribution in [2.24, 2.45) is 0 Å². The molecule has 1 aromatic heterocycles. The number of H-pyrrole nitrogens is 1. The topological polar surface area (TPSA) is 66.9 Å². The van der Waals surface area contributed by atoms with Crippen LogP contribution in [0.15, 0.2) is 23.0 Å². The maximum absolute atomic E-state index is 13.1. The molecule has 18 heavy (non-hydrogen) atoms. The quantitative estimate of drug-likeness (QED) is 0.813. The van der Waals surface area contributed by atoms with Crippen molar-refractivity contribution in [3.8, 4) is 0 Å². The Balaban J connectivity index is 2.71. The molecule has 2 N–H and O–H groups in total. The van der Waals surface area contributed by atoms with Crippen LogP contribution in [0, 0.1) is 10.6 Å². The monoisotopic (exact) mass is 267 g/mol. The summed E-state index contributed by atoms with van der Waals surface area (Å²) < 4.78 is 14.1. The van der Waals surface area contributed by atoms with E-state index in [1.54, 1.807) is 6.92 Å². The van der Waals surface area contributed by atoms with E-state index in [1.807, 2.05) is 0 Å². The lowest BCUT2D eigenvalue weighted by atomic mass is 10.2. The first kappa shape index (κ1) is 12.4. The first-order chi connectivity index (χ1) is 8.52. The van der Waals surface area contributed by atoms with E-state index < -0.39 is 11.4 Å². The summed E-state index contributed by atoms with van der Waals surface area (Å²) in [4.78, 5) is 26.1. The van der Waals surface area contributed by atoms with Crippen molar-refractivity contribution in [3.05, 3.63) is 39.1 Å². The predicted octanol–water partition coefficient (Wildman–Crippen LogP) is 1.68. The van der Waals surface area contributed by atoms with Gasteiger partial charge in [0.25, 0.3) is 5.56 Å². The molecule has 1 heterocycles. The summed E-state index contributed by atoms with van der Waals surface area (Å²) in [5.74, 6) is -0.883. The summed E-state index contributed by atoms with van der Waals surface area (Å²) in [6.07, 6.45) is 0.211. The standard InChI is InChI=1S/C11H10FN3O2S/c1-2-9(16)14-15-10(17)7-5-6(12)3-4-8(7)13-11(15)18/h3-5H,2H2,1H3,(H,13,18)(H,14,16). The van der Waals surface area contributed by atoms with Gasteiger partial charge in [0.15, 0.2) is 4.77 Å². The third-order valence-corrected chi connectivity index (χ3v) is 2.70. The van der Waals surface area contributed by atoms with Crippen LogP contribution < -0.4 is 11.0 Å². The van der Waals surface area contributed by atoms with Crippen molar-refractivity contribution in [2.45, 2.75) is 13.3 Å². The minimum absolute atomic E-state index is 0.0564. The summed E-state index contributed by atoms with van der Waals surface area (Å²) in [6, 6.07) is 3.74. The minimum Gasteiger partial charge on any atom is -0.330 e. The lowest BCUT2D eigenvalue weighted by molar-refractivity contribution is -0.116. The largest absolute Gasteiger partial charge is 0.330 e. The third kappa shape index (κ3) is 2.17. The van der Waals surface area contributed by atoms with Crippen molar-refractivity contribution in [1.82, 2.24) is 9.66 Å². The van der Waals surface area contributed by atoms with E-state index in [0.29, 0.717) is 5.52 Å². The predicted molar refractivity (Wildman–Crippen MR) is 68.0 cm³/mol. The van der Waals surface area contributed by atoms with Gasteiger partial charge < -0.3 is 4.98 Å². The van der Waals surface area contributed by atoms with Crippen LogP contribution in [0.25, 0.3) is 10.9 Å². The molecule has 7 heteroatoms. The minimum atomic E-state index is -0.560. The van der Waals surface area contributed by atoms with E-state index in [2.05, 4.69) is 10.4 Å².